The summed E-state index contributed by atoms with van der Waals surface area (Å²) in [4.78, 5) is 18.1. The smallest absolute Gasteiger partial charge is 0.243 e. The van der Waals surface area contributed by atoms with E-state index in [1.54, 1.807) is 34.8 Å². The minimum atomic E-state index is -3.42. The molecule has 1 aromatic heterocycles. The standard InChI is InChI=1S/C24H27N3O3S2/c28-23(26-24-25-18-21(31-24)17-20-7-3-1-4-8-20)14-11-19-9-12-22(13-10-19)32(29,30)27-15-5-2-6-16-27/h1,3-4,7-10,12-13,18H,2,5-6,11,14-17H2,(H,25,26,28). The molecule has 2 heterocycles. The predicted octanol–water partition coefficient (Wildman–Crippen LogP) is 4.48. The summed E-state index contributed by atoms with van der Waals surface area (Å²) < 4.78 is 27.1. The minimum absolute atomic E-state index is 0.101. The number of hydrogen-bond donors (Lipinski definition) is 1. The molecule has 0 atom stereocenters. The monoisotopic (exact) mass is 469 g/mol. The molecule has 1 N–H and O–H groups in total. The van der Waals surface area contributed by atoms with Crippen molar-refractivity contribution in [3.8, 4) is 0 Å². The van der Waals surface area contributed by atoms with E-state index in [-0.39, 0.29) is 5.91 Å². The molecule has 1 aliphatic rings. The molecule has 1 amide bonds. The quantitative estimate of drug-likeness (QED) is 0.528. The molecule has 0 radical (unpaired) electrons. The highest BCUT2D eigenvalue weighted by Crippen LogP contribution is 2.23. The number of thiazole rings is 1. The molecule has 1 aliphatic heterocycles. The zero-order valence-corrected chi connectivity index (χ0v) is 19.5. The van der Waals surface area contributed by atoms with Gasteiger partial charge in [0.05, 0.1) is 4.90 Å². The molecule has 0 aliphatic carbocycles. The number of amides is 1. The Hall–Kier alpha value is -2.55. The van der Waals surface area contributed by atoms with Crippen molar-refractivity contribution < 1.29 is 13.2 Å². The van der Waals surface area contributed by atoms with Crippen molar-refractivity contribution in [2.75, 3.05) is 18.4 Å². The highest BCUT2D eigenvalue weighted by atomic mass is 32.2. The topological polar surface area (TPSA) is 79.4 Å². The highest BCUT2D eigenvalue weighted by Gasteiger charge is 2.25. The number of benzene rings is 2. The number of rotatable bonds is 8. The predicted molar refractivity (Wildman–Crippen MR) is 127 cm³/mol. The highest BCUT2D eigenvalue weighted by molar-refractivity contribution is 7.89. The van der Waals surface area contributed by atoms with Gasteiger partial charge < -0.3 is 5.32 Å². The van der Waals surface area contributed by atoms with Gasteiger partial charge in [-0.3, -0.25) is 4.79 Å². The zero-order valence-electron chi connectivity index (χ0n) is 17.9. The fourth-order valence-electron chi connectivity index (χ4n) is 3.77. The fourth-order valence-corrected chi connectivity index (χ4v) is 6.15. The molecular formula is C24H27N3O3S2. The van der Waals surface area contributed by atoms with Crippen molar-refractivity contribution in [3.63, 3.8) is 0 Å². The number of aromatic nitrogens is 1. The molecule has 32 heavy (non-hydrogen) atoms. The van der Waals surface area contributed by atoms with Crippen molar-refractivity contribution in [3.05, 3.63) is 76.8 Å². The number of anilines is 1. The van der Waals surface area contributed by atoms with Crippen molar-refractivity contribution in [2.45, 2.75) is 43.4 Å². The Labute approximate surface area is 193 Å². The van der Waals surface area contributed by atoms with Crippen LogP contribution in [0.15, 0.2) is 65.7 Å². The largest absolute Gasteiger partial charge is 0.302 e. The van der Waals surface area contributed by atoms with Gasteiger partial charge in [-0.2, -0.15) is 4.31 Å². The molecule has 0 spiro atoms. The number of hydrogen-bond acceptors (Lipinski definition) is 5. The van der Waals surface area contributed by atoms with E-state index < -0.39 is 10.0 Å². The summed E-state index contributed by atoms with van der Waals surface area (Å²) in [5, 5.41) is 3.46. The van der Waals surface area contributed by atoms with Crippen LogP contribution in [0.5, 0.6) is 0 Å². The molecule has 3 aromatic rings. The van der Waals surface area contributed by atoms with Gasteiger partial charge in [0, 0.05) is 37.0 Å². The van der Waals surface area contributed by atoms with Gasteiger partial charge in [0.15, 0.2) is 5.13 Å². The lowest BCUT2D eigenvalue weighted by atomic mass is 10.1. The van der Waals surface area contributed by atoms with Gasteiger partial charge in [0.25, 0.3) is 0 Å². The molecule has 2 aromatic carbocycles. The molecule has 0 unspecified atom stereocenters. The number of aryl methyl sites for hydroxylation is 1. The Morgan fingerprint density at radius 3 is 2.41 bits per heavy atom. The van der Waals surface area contributed by atoms with Gasteiger partial charge in [-0.15, -0.1) is 11.3 Å². The average molecular weight is 470 g/mol. The van der Waals surface area contributed by atoms with Crippen LogP contribution in [0.4, 0.5) is 5.13 Å². The number of nitrogens with one attached hydrogen (secondary N) is 1. The minimum Gasteiger partial charge on any atom is -0.302 e. The van der Waals surface area contributed by atoms with Crippen LogP contribution < -0.4 is 5.32 Å². The van der Waals surface area contributed by atoms with E-state index >= 15 is 0 Å². The first-order valence-corrected chi connectivity index (χ1v) is 13.1. The van der Waals surface area contributed by atoms with E-state index in [0.29, 0.717) is 36.0 Å². The second kappa shape index (κ2) is 10.4. The van der Waals surface area contributed by atoms with Gasteiger partial charge in [0.2, 0.25) is 15.9 Å². The lowest BCUT2D eigenvalue weighted by Crippen LogP contribution is -2.35. The van der Waals surface area contributed by atoms with Crippen LogP contribution in [0.3, 0.4) is 0 Å². The van der Waals surface area contributed by atoms with E-state index in [1.165, 1.54) is 16.9 Å². The van der Waals surface area contributed by atoms with Crippen molar-refractivity contribution in [1.82, 2.24) is 9.29 Å². The van der Waals surface area contributed by atoms with Gasteiger partial charge in [-0.1, -0.05) is 48.9 Å². The molecular weight excluding hydrogens is 442 g/mol. The first kappa shape index (κ1) is 22.6. The number of piperidine rings is 1. The summed E-state index contributed by atoms with van der Waals surface area (Å²) >= 11 is 1.48. The van der Waals surface area contributed by atoms with Gasteiger partial charge in [0.1, 0.15) is 0 Å². The van der Waals surface area contributed by atoms with Crippen molar-refractivity contribution in [2.24, 2.45) is 0 Å². The molecule has 0 saturated carbocycles. The van der Waals surface area contributed by atoms with E-state index in [4.69, 9.17) is 0 Å². The number of nitrogens with zero attached hydrogens (tertiary/aromatic N) is 2. The molecule has 1 saturated heterocycles. The van der Waals surface area contributed by atoms with E-state index in [9.17, 15) is 13.2 Å². The van der Waals surface area contributed by atoms with Crippen LogP contribution in [0, 0.1) is 0 Å². The lowest BCUT2D eigenvalue weighted by Gasteiger charge is -2.25. The van der Waals surface area contributed by atoms with E-state index in [0.717, 1.165) is 36.1 Å². The molecule has 4 rings (SSSR count). The Bertz CT molecular complexity index is 1140. The van der Waals surface area contributed by atoms with Crippen LogP contribution in [-0.2, 0) is 27.7 Å². The first-order valence-electron chi connectivity index (χ1n) is 10.9. The van der Waals surface area contributed by atoms with Gasteiger partial charge in [-0.25, -0.2) is 13.4 Å². The average Bonchev–Trinajstić information content (AvgIpc) is 3.25. The number of carbonyl (C=O) groups is 1. The first-order chi connectivity index (χ1) is 15.5. The fraction of sp³-hybridized carbons (Fsp3) is 0.333. The summed E-state index contributed by atoms with van der Waals surface area (Å²) in [6.07, 6.45) is 6.36. The Morgan fingerprint density at radius 1 is 0.969 bits per heavy atom. The second-order valence-electron chi connectivity index (χ2n) is 7.95. The summed E-state index contributed by atoms with van der Waals surface area (Å²) in [6.45, 7) is 1.18. The van der Waals surface area contributed by atoms with Crippen molar-refractivity contribution in [1.29, 1.82) is 0 Å². The molecule has 6 nitrogen and oxygen atoms in total. The third-order valence-corrected chi connectivity index (χ3v) is 8.36. The molecule has 1 fully saturated rings. The van der Waals surface area contributed by atoms with Gasteiger partial charge >= 0.3 is 0 Å². The molecule has 168 valence electrons. The van der Waals surface area contributed by atoms with Crippen LogP contribution in [0.2, 0.25) is 0 Å². The van der Waals surface area contributed by atoms with Crippen molar-refractivity contribution >= 4 is 32.4 Å². The maximum atomic E-state index is 12.7. The second-order valence-corrected chi connectivity index (χ2v) is 11.0. The van der Waals surface area contributed by atoms with Crippen LogP contribution >= 0.6 is 11.3 Å². The number of carbonyl (C=O) groups excluding carboxylic acids is 1. The van der Waals surface area contributed by atoms with Crippen LogP contribution in [0.25, 0.3) is 0 Å². The Kier molecular flexibility index (Phi) is 7.34. The zero-order chi connectivity index (χ0) is 22.4. The Morgan fingerprint density at radius 2 is 1.69 bits per heavy atom. The maximum Gasteiger partial charge on any atom is 0.243 e. The summed E-state index contributed by atoms with van der Waals surface area (Å²) in [5.74, 6) is -0.101. The van der Waals surface area contributed by atoms with E-state index in [1.807, 2.05) is 18.2 Å². The molecule has 0 bridgehead atoms. The SMILES string of the molecule is O=C(CCc1ccc(S(=O)(=O)N2CCCCC2)cc1)Nc1ncc(Cc2ccccc2)s1. The summed E-state index contributed by atoms with van der Waals surface area (Å²) in [5.41, 5.74) is 2.14. The lowest BCUT2D eigenvalue weighted by molar-refractivity contribution is -0.116. The normalized spacial score (nSPS) is 14.9. The third-order valence-electron chi connectivity index (χ3n) is 5.54. The Balaban J connectivity index is 1.28. The van der Waals surface area contributed by atoms with E-state index in [2.05, 4.69) is 22.4 Å². The third kappa shape index (κ3) is 5.82. The van der Waals surface area contributed by atoms with Crippen LogP contribution in [0.1, 0.15) is 41.7 Å². The number of sulfonamides is 1. The maximum absolute atomic E-state index is 12.7. The summed E-state index contributed by atoms with van der Waals surface area (Å²) in [6, 6.07) is 17.0. The van der Waals surface area contributed by atoms with Crippen LogP contribution in [-0.4, -0.2) is 36.7 Å². The van der Waals surface area contributed by atoms with Gasteiger partial charge in [-0.05, 0) is 42.5 Å². The summed E-state index contributed by atoms with van der Waals surface area (Å²) in [7, 11) is -3.42. The molecule has 8 heteroatoms.